The van der Waals surface area contributed by atoms with Gasteiger partial charge in [-0.3, -0.25) is 20.4 Å². The molecule has 148 valence electrons. The summed E-state index contributed by atoms with van der Waals surface area (Å²) in [6, 6.07) is 14.1. The summed E-state index contributed by atoms with van der Waals surface area (Å²) in [5.41, 5.74) is 6.23. The summed E-state index contributed by atoms with van der Waals surface area (Å²) in [4.78, 5) is 23.6. The minimum absolute atomic E-state index is 0.180. The van der Waals surface area contributed by atoms with Gasteiger partial charge in [-0.05, 0) is 24.3 Å². The van der Waals surface area contributed by atoms with Crippen LogP contribution in [0, 0.1) is 0 Å². The Labute approximate surface area is 163 Å². The van der Waals surface area contributed by atoms with Crippen molar-refractivity contribution in [2.24, 2.45) is 0 Å². The first-order valence-corrected chi connectivity index (χ1v) is 8.44. The van der Waals surface area contributed by atoms with Crippen LogP contribution in [0.15, 0.2) is 55.1 Å². The zero-order valence-electron chi connectivity index (χ0n) is 15.8. The lowest BCUT2D eigenvalue weighted by atomic mass is 10.1. The fraction of sp³-hybridized carbons (Fsp3) is 0.200. The molecule has 0 aromatic heterocycles. The van der Waals surface area contributed by atoms with Crippen molar-refractivity contribution in [3.63, 3.8) is 0 Å². The number of rotatable bonds is 10. The molecule has 28 heavy (non-hydrogen) atoms. The van der Waals surface area contributed by atoms with Crippen LogP contribution in [0.4, 0.5) is 0 Å². The van der Waals surface area contributed by atoms with E-state index >= 15 is 0 Å². The smallest absolute Gasteiger partial charge is 0.258 e. The summed E-state index contributed by atoms with van der Waals surface area (Å²) in [6.45, 7) is 3.47. The Balaban J connectivity index is 1.74. The molecule has 0 aliphatic rings. The fourth-order valence-electron chi connectivity index (χ4n) is 2.20. The maximum absolute atomic E-state index is 11.9. The van der Waals surface area contributed by atoms with Crippen LogP contribution < -0.4 is 30.4 Å². The zero-order chi connectivity index (χ0) is 20.4. The normalized spacial score (nSPS) is 9.79. The van der Waals surface area contributed by atoms with Crippen LogP contribution in [0.1, 0.15) is 5.56 Å². The van der Waals surface area contributed by atoms with Crippen LogP contribution in [0.25, 0.3) is 5.70 Å². The second-order valence-corrected chi connectivity index (χ2v) is 5.60. The fourth-order valence-corrected chi connectivity index (χ4v) is 2.20. The first-order chi connectivity index (χ1) is 13.5. The third-order valence-corrected chi connectivity index (χ3v) is 3.65. The highest BCUT2D eigenvalue weighted by Crippen LogP contribution is 2.27. The topological polar surface area (TPSA) is 97.9 Å². The van der Waals surface area contributed by atoms with Crippen molar-refractivity contribution >= 4 is 17.5 Å². The number of ether oxygens (including phenoxy) is 3. The molecular weight excluding hydrogens is 362 g/mol. The van der Waals surface area contributed by atoms with E-state index in [9.17, 15) is 9.59 Å². The highest BCUT2D eigenvalue weighted by Gasteiger charge is 2.10. The molecule has 2 aromatic carbocycles. The van der Waals surface area contributed by atoms with E-state index in [2.05, 4.69) is 22.7 Å². The van der Waals surface area contributed by atoms with Crippen molar-refractivity contribution in [1.82, 2.24) is 16.2 Å². The Morgan fingerprint density at radius 3 is 2.36 bits per heavy atom. The van der Waals surface area contributed by atoms with E-state index in [1.807, 2.05) is 6.07 Å². The molecule has 0 heterocycles. The molecule has 2 amide bonds. The number of carbonyl (C=O) groups excluding carboxylic acids is 2. The number of amides is 2. The summed E-state index contributed by atoms with van der Waals surface area (Å²) < 4.78 is 15.7. The lowest BCUT2D eigenvalue weighted by molar-refractivity contribution is -0.127. The molecule has 0 atom stereocenters. The minimum Gasteiger partial charge on any atom is -0.497 e. The van der Waals surface area contributed by atoms with Gasteiger partial charge >= 0.3 is 0 Å². The predicted octanol–water partition coefficient (Wildman–Crippen LogP) is 1.49. The van der Waals surface area contributed by atoms with E-state index in [0.717, 1.165) is 0 Å². The van der Waals surface area contributed by atoms with Gasteiger partial charge in [-0.2, -0.15) is 0 Å². The van der Waals surface area contributed by atoms with Crippen LogP contribution in [0.3, 0.4) is 0 Å². The Kier molecular flexibility index (Phi) is 7.71. The summed E-state index contributed by atoms with van der Waals surface area (Å²) >= 11 is 0. The predicted molar refractivity (Wildman–Crippen MR) is 105 cm³/mol. The number of methoxy groups -OCH3 is 2. The van der Waals surface area contributed by atoms with E-state index in [0.29, 0.717) is 28.5 Å². The second kappa shape index (κ2) is 10.5. The van der Waals surface area contributed by atoms with Crippen LogP contribution in [-0.2, 0) is 9.59 Å². The second-order valence-electron chi connectivity index (χ2n) is 5.60. The Morgan fingerprint density at radius 2 is 1.68 bits per heavy atom. The number of hydrogen-bond acceptors (Lipinski definition) is 6. The summed E-state index contributed by atoms with van der Waals surface area (Å²) in [5.74, 6) is 0.903. The number of hydrazine groups is 1. The van der Waals surface area contributed by atoms with Gasteiger partial charge in [-0.15, -0.1) is 0 Å². The molecule has 0 spiro atoms. The van der Waals surface area contributed by atoms with E-state index in [-0.39, 0.29) is 13.2 Å². The molecule has 2 aromatic rings. The molecule has 0 aliphatic carbocycles. The van der Waals surface area contributed by atoms with Crippen molar-refractivity contribution < 1.29 is 23.8 Å². The molecule has 0 aliphatic heterocycles. The highest BCUT2D eigenvalue weighted by molar-refractivity contribution is 5.85. The molecule has 0 bridgehead atoms. The van der Waals surface area contributed by atoms with Crippen LogP contribution in [0.5, 0.6) is 17.2 Å². The van der Waals surface area contributed by atoms with Gasteiger partial charge in [0, 0.05) is 11.6 Å². The van der Waals surface area contributed by atoms with Crippen LogP contribution in [-0.4, -0.2) is 39.2 Å². The Bertz CT molecular complexity index is 824. The molecule has 0 saturated carbocycles. The van der Waals surface area contributed by atoms with Crippen molar-refractivity contribution in [2.45, 2.75) is 0 Å². The van der Waals surface area contributed by atoms with E-state index in [1.165, 1.54) is 7.11 Å². The average molecular weight is 385 g/mol. The number of para-hydroxylation sites is 1. The molecule has 8 heteroatoms. The van der Waals surface area contributed by atoms with Gasteiger partial charge < -0.3 is 19.5 Å². The highest BCUT2D eigenvalue weighted by atomic mass is 16.5. The van der Waals surface area contributed by atoms with E-state index in [1.54, 1.807) is 49.6 Å². The molecule has 8 nitrogen and oxygen atoms in total. The molecule has 2 rings (SSSR count). The van der Waals surface area contributed by atoms with Gasteiger partial charge in [0.15, 0.2) is 6.61 Å². The molecular formula is C20H23N3O5. The minimum atomic E-state index is -0.443. The Hall–Kier alpha value is -3.68. The lowest BCUT2D eigenvalue weighted by Gasteiger charge is -2.15. The first-order valence-electron chi connectivity index (χ1n) is 8.44. The maximum Gasteiger partial charge on any atom is 0.258 e. The largest absolute Gasteiger partial charge is 0.497 e. The lowest BCUT2D eigenvalue weighted by Crippen LogP contribution is -2.43. The van der Waals surface area contributed by atoms with Gasteiger partial charge in [-0.1, -0.05) is 24.8 Å². The number of nitrogens with one attached hydrogen (secondary N) is 3. The van der Waals surface area contributed by atoms with Crippen molar-refractivity contribution in [3.05, 3.63) is 60.7 Å². The summed E-state index contributed by atoms with van der Waals surface area (Å²) in [5, 5.41) is 2.47. The molecule has 0 fully saturated rings. The van der Waals surface area contributed by atoms with Crippen LogP contribution in [0.2, 0.25) is 0 Å². The van der Waals surface area contributed by atoms with Gasteiger partial charge in [0.2, 0.25) is 0 Å². The third-order valence-electron chi connectivity index (χ3n) is 3.65. The quantitative estimate of drug-likeness (QED) is 0.536. The third kappa shape index (κ3) is 6.24. The standard InChI is InChI=1S/C20H23N3O5/c1-14(17-10-9-16(26-2)11-18(17)27-3)22-23-19(24)12-21-20(25)13-28-15-7-5-4-6-8-15/h4-11,22H,1,12-13H2,2-3H3,(H,21,25)(H,23,24). The van der Waals surface area contributed by atoms with Gasteiger partial charge in [-0.25, -0.2) is 0 Å². The van der Waals surface area contributed by atoms with Gasteiger partial charge in [0.1, 0.15) is 17.2 Å². The molecule has 0 unspecified atom stereocenters. The van der Waals surface area contributed by atoms with Crippen molar-refractivity contribution in [3.8, 4) is 17.2 Å². The molecule has 0 radical (unpaired) electrons. The maximum atomic E-state index is 11.9. The van der Waals surface area contributed by atoms with E-state index in [4.69, 9.17) is 14.2 Å². The number of carbonyl (C=O) groups is 2. The number of benzene rings is 2. The average Bonchev–Trinajstić information content (AvgIpc) is 2.74. The van der Waals surface area contributed by atoms with Crippen molar-refractivity contribution in [1.29, 1.82) is 0 Å². The summed E-state index contributed by atoms with van der Waals surface area (Å²) in [7, 11) is 3.08. The first kappa shape index (κ1) is 20.6. The van der Waals surface area contributed by atoms with Gasteiger partial charge in [0.25, 0.3) is 11.8 Å². The monoisotopic (exact) mass is 385 g/mol. The zero-order valence-corrected chi connectivity index (χ0v) is 15.8. The SMILES string of the molecule is C=C(NNC(=O)CNC(=O)COc1ccccc1)c1ccc(OC)cc1OC. The summed E-state index contributed by atoms with van der Waals surface area (Å²) in [6.07, 6.45) is 0. The van der Waals surface area contributed by atoms with Crippen LogP contribution >= 0.6 is 0 Å². The number of hydrogen-bond donors (Lipinski definition) is 3. The van der Waals surface area contributed by atoms with Gasteiger partial charge in [0.05, 0.1) is 26.5 Å². The molecule has 3 N–H and O–H groups in total. The van der Waals surface area contributed by atoms with E-state index < -0.39 is 11.8 Å². The van der Waals surface area contributed by atoms with Crippen molar-refractivity contribution in [2.75, 3.05) is 27.4 Å². The molecule has 0 saturated heterocycles. The Morgan fingerprint density at radius 1 is 0.929 bits per heavy atom.